The first-order chi connectivity index (χ1) is 13.5. The molecule has 0 amide bonds. The topological polar surface area (TPSA) is 65.0 Å². The molecule has 5 nitrogen and oxygen atoms in total. The zero-order valence-electron chi connectivity index (χ0n) is 17.9. The highest BCUT2D eigenvalue weighted by molar-refractivity contribution is 5.75. The molecule has 0 aromatic carbocycles. The predicted octanol–water partition coefficient (Wildman–Crippen LogP) is 4.60. The van der Waals surface area contributed by atoms with Crippen LogP contribution in [0.2, 0.25) is 0 Å². The summed E-state index contributed by atoms with van der Waals surface area (Å²) in [6.07, 6.45) is -5.54. The van der Waals surface area contributed by atoms with E-state index in [1.807, 2.05) is 6.92 Å². The van der Waals surface area contributed by atoms with Gasteiger partial charge in [-0.1, -0.05) is 6.92 Å². The Kier molecular flexibility index (Phi) is 6.88. The molecule has 0 radical (unpaired) electrons. The van der Waals surface area contributed by atoms with E-state index < -0.39 is 41.6 Å². The molecular formula is C20H31F5O5. The molecule has 0 aromatic rings. The van der Waals surface area contributed by atoms with E-state index in [0.29, 0.717) is 32.1 Å². The third kappa shape index (κ3) is 4.60. The van der Waals surface area contributed by atoms with Crippen LogP contribution in [0.5, 0.6) is 0 Å². The fraction of sp³-hybridized carbons (Fsp3) is 0.950. The lowest BCUT2D eigenvalue weighted by Crippen LogP contribution is -2.60. The normalized spacial score (nSPS) is 32.8. The number of hydrogen-bond donors (Lipinski definition) is 1. The van der Waals surface area contributed by atoms with Gasteiger partial charge in [-0.3, -0.25) is 4.79 Å². The number of hydrogen-bond acceptors (Lipinski definition) is 5. The molecule has 1 aliphatic heterocycles. The fourth-order valence-electron chi connectivity index (χ4n) is 3.79. The van der Waals surface area contributed by atoms with Crippen LogP contribution in [0.3, 0.4) is 0 Å². The number of aliphatic hydroxyl groups is 1. The monoisotopic (exact) mass is 446 g/mol. The van der Waals surface area contributed by atoms with Gasteiger partial charge in [0.2, 0.25) is 0 Å². The lowest BCUT2D eigenvalue weighted by atomic mass is 9.77. The molecule has 2 atom stereocenters. The van der Waals surface area contributed by atoms with Gasteiger partial charge in [0.15, 0.2) is 6.10 Å². The van der Waals surface area contributed by atoms with Gasteiger partial charge in [-0.25, -0.2) is 0 Å². The fourth-order valence-corrected chi connectivity index (χ4v) is 3.79. The third-order valence-electron chi connectivity index (χ3n) is 6.50. The number of alkyl halides is 5. The summed E-state index contributed by atoms with van der Waals surface area (Å²) in [6.45, 7) is 7.47. The van der Waals surface area contributed by atoms with Gasteiger partial charge in [0, 0.05) is 0 Å². The molecule has 1 saturated heterocycles. The third-order valence-corrected chi connectivity index (χ3v) is 6.50. The van der Waals surface area contributed by atoms with Crippen molar-refractivity contribution in [2.45, 2.75) is 102 Å². The highest BCUT2D eigenvalue weighted by Crippen LogP contribution is 2.51. The number of esters is 1. The molecule has 0 bridgehead atoms. The van der Waals surface area contributed by atoms with Crippen molar-refractivity contribution in [1.82, 2.24) is 0 Å². The van der Waals surface area contributed by atoms with Gasteiger partial charge in [-0.15, -0.1) is 0 Å². The van der Waals surface area contributed by atoms with Crippen molar-refractivity contribution in [3.05, 3.63) is 0 Å². The summed E-state index contributed by atoms with van der Waals surface area (Å²) in [7, 11) is 0. The van der Waals surface area contributed by atoms with Crippen LogP contribution in [0.1, 0.15) is 66.7 Å². The van der Waals surface area contributed by atoms with Crippen LogP contribution in [0.15, 0.2) is 0 Å². The standard InChI is InChI=1S/C20H31F5O5/c1-6-16(2,3)15(26)29-13-9-7-12(8-10-13)17(4,5)30-14-11-28-19(27,18(14,21)22)20(23,24)25/h12-14,27H,6-11H2,1-5H3. The van der Waals surface area contributed by atoms with E-state index in [1.165, 1.54) is 13.8 Å². The summed E-state index contributed by atoms with van der Waals surface area (Å²) in [4.78, 5) is 12.2. The maximum absolute atomic E-state index is 14.3. The predicted molar refractivity (Wildman–Crippen MR) is 96.8 cm³/mol. The summed E-state index contributed by atoms with van der Waals surface area (Å²) in [5, 5.41) is 9.41. The Hall–Kier alpha value is -1.00. The number of carbonyl (C=O) groups is 1. The molecule has 2 rings (SSSR count). The second kappa shape index (κ2) is 8.16. The molecule has 1 N–H and O–H groups in total. The van der Waals surface area contributed by atoms with Gasteiger partial charge in [0.05, 0.1) is 17.6 Å². The summed E-state index contributed by atoms with van der Waals surface area (Å²) < 4.78 is 82.4. The van der Waals surface area contributed by atoms with Crippen LogP contribution >= 0.6 is 0 Å². The summed E-state index contributed by atoms with van der Waals surface area (Å²) in [6, 6.07) is 0. The minimum Gasteiger partial charge on any atom is -0.462 e. The molecule has 176 valence electrons. The smallest absolute Gasteiger partial charge is 0.449 e. The van der Waals surface area contributed by atoms with Gasteiger partial charge in [0.25, 0.3) is 0 Å². The Bertz CT molecular complexity index is 626. The molecule has 10 heteroatoms. The zero-order chi connectivity index (χ0) is 23.2. The van der Waals surface area contributed by atoms with E-state index in [9.17, 15) is 31.9 Å². The van der Waals surface area contributed by atoms with Crippen molar-refractivity contribution in [2.24, 2.45) is 11.3 Å². The van der Waals surface area contributed by atoms with E-state index in [0.717, 1.165) is 0 Å². The second-order valence-electron chi connectivity index (χ2n) is 9.40. The Labute approximate surface area is 173 Å². The van der Waals surface area contributed by atoms with E-state index >= 15 is 0 Å². The average Bonchev–Trinajstić information content (AvgIpc) is 2.86. The molecule has 30 heavy (non-hydrogen) atoms. The quantitative estimate of drug-likeness (QED) is 0.477. The first kappa shape index (κ1) is 25.3. The summed E-state index contributed by atoms with van der Waals surface area (Å²) in [5.74, 6) is -9.75. The highest BCUT2D eigenvalue weighted by Gasteiger charge is 2.78. The maximum Gasteiger partial charge on any atom is 0.449 e. The summed E-state index contributed by atoms with van der Waals surface area (Å²) >= 11 is 0. The minimum absolute atomic E-state index is 0.234. The van der Waals surface area contributed by atoms with Crippen LogP contribution in [-0.4, -0.2) is 53.4 Å². The molecule has 1 heterocycles. The molecule has 0 aromatic heterocycles. The van der Waals surface area contributed by atoms with Crippen molar-refractivity contribution in [3.8, 4) is 0 Å². The van der Waals surface area contributed by atoms with E-state index in [4.69, 9.17) is 9.47 Å². The van der Waals surface area contributed by atoms with Gasteiger partial charge in [-0.05, 0) is 65.7 Å². The van der Waals surface area contributed by atoms with Gasteiger partial charge in [-0.2, -0.15) is 22.0 Å². The molecular weight excluding hydrogens is 415 g/mol. The molecule has 2 fully saturated rings. The highest BCUT2D eigenvalue weighted by atomic mass is 19.4. The Morgan fingerprint density at radius 2 is 1.63 bits per heavy atom. The first-order valence-electron chi connectivity index (χ1n) is 10.2. The van der Waals surface area contributed by atoms with Gasteiger partial charge >= 0.3 is 23.9 Å². The largest absolute Gasteiger partial charge is 0.462 e. The first-order valence-corrected chi connectivity index (χ1v) is 10.2. The summed E-state index contributed by atoms with van der Waals surface area (Å²) in [5.41, 5.74) is -1.78. The van der Waals surface area contributed by atoms with E-state index in [2.05, 4.69) is 4.74 Å². The Balaban J connectivity index is 1.97. The van der Waals surface area contributed by atoms with Crippen molar-refractivity contribution in [1.29, 1.82) is 0 Å². The van der Waals surface area contributed by atoms with Crippen molar-refractivity contribution < 1.29 is 46.1 Å². The Morgan fingerprint density at radius 1 is 1.10 bits per heavy atom. The minimum atomic E-state index is -5.66. The number of rotatable bonds is 6. The van der Waals surface area contributed by atoms with Crippen LogP contribution in [0.4, 0.5) is 22.0 Å². The van der Waals surface area contributed by atoms with Crippen LogP contribution in [-0.2, 0) is 19.0 Å². The van der Waals surface area contributed by atoms with Crippen molar-refractivity contribution in [2.75, 3.05) is 6.61 Å². The maximum atomic E-state index is 14.3. The van der Waals surface area contributed by atoms with Crippen LogP contribution in [0.25, 0.3) is 0 Å². The molecule has 1 aliphatic carbocycles. The van der Waals surface area contributed by atoms with Crippen LogP contribution in [0, 0.1) is 11.3 Å². The van der Waals surface area contributed by atoms with Crippen LogP contribution < -0.4 is 0 Å². The van der Waals surface area contributed by atoms with Crippen molar-refractivity contribution >= 4 is 5.97 Å². The van der Waals surface area contributed by atoms with Crippen molar-refractivity contribution in [3.63, 3.8) is 0 Å². The molecule has 2 aliphatic rings. The lowest BCUT2D eigenvalue weighted by molar-refractivity contribution is -0.407. The van der Waals surface area contributed by atoms with E-state index in [1.54, 1.807) is 13.8 Å². The van der Waals surface area contributed by atoms with E-state index in [-0.39, 0.29) is 18.0 Å². The average molecular weight is 446 g/mol. The number of halogens is 5. The molecule has 0 spiro atoms. The SMILES string of the molecule is CCC(C)(C)C(=O)OC1CCC(C(C)(C)OC2COC(O)(C(F)(F)F)C2(F)F)CC1. The lowest BCUT2D eigenvalue weighted by Gasteiger charge is -2.41. The number of carbonyl (C=O) groups excluding carboxylic acids is 1. The zero-order valence-corrected chi connectivity index (χ0v) is 17.9. The van der Waals surface area contributed by atoms with Gasteiger partial charge < -0.3 is 19.3 Å². The molecule has 1 saturated carbocycles. The number of ether oxygens (including phenoxy) is 3. The molecule has 2 unspecified atom stereocenters. The second-order valence-corrected chi connectivity index (χ2v) is 9.40. The Morgan fingerprint density at radius 3 is 2.07 bits per heavy atom. The van der Waals surface area contributed by atoms with Gasteiger partial charge in [0.1, 0.15) is 6.10 Å².